The third-order valence-electron chi connectivity index (χ3n) is 4.92. The molecule has 5 nitrogen and oxygen atoms in total. The number of piperidine rings is 1. The first kappa shape index (κ1) is 14.2. The lowest BCUT2D eigenvalue weighted by molar-refractivity contribution is 0.145. The van der Waals surface area contributed by atoms with Gasteiger partial charge in [-0.15, -0.1) is 11.3 Å². The second-order valence-corrected chi connectivity index (χ2v) is 7.47. The number of aromatic nitrogens is 2. The average Bonchev–Trinajstić information content (AvgIpc) is 2.90. The molecule has 0 bridgehead atoms. The fraction of sp³-hybridized carbons (Fsp3) is 0.625. The zero-order valence-corrected chi connectivity index (χ0v) is 13.7. The molecule has 0 radical (unpaired) electrons. The largest absolute Gasteiger partial charge is 0.393 e. The van der Waals surface area contributed by atoms with Crippen molar-refractivity contribution in [1.29, 1.82) is 0 Å². The fourth-order valence-electron chi connectivity index (χ4n) is 3.62. The molecule has 0 atom stereocenters. The number of aryl methyl sites for hydroxylation is 2. The third kappa shape index (κ3) is 2.16. The number of thiophene rings is 1. The van der Waals surface area contributed by atoms with Crippen LogP contribution in [0.3, 0.4) is 0 Å². The van der Waals surface area contributed by atoms with Gasteiger partial charge in [0.15, 0.2) is 0 Å². The predicted molar refractivity (Wildman–Crippen MR) is 89.0 cm³/mol. The Bertz CT molecular complexity index is 772. The molecule has 2 aromatic heterocycles. The van der Waals surface area contributed by atoms with Gasteiger partial charge in [-0.25, -0.2) is 4.98 Å². The van der Waals surface area contributed by atoms with Gasteiger partial charge in [0.05, 0.1) is 11.5 Å². The minimum Gasteiger partial charge on any atom is -0.393 e. The van der Waals surface area contributed by atoms with E-state index in [1.165, 1.54) is 23.3 Å². The van der Waals surface area contributed by atoms with Crippen LogP contribution in [0.4, 0.5) is 5.95 Å². The van der Waals surface area contributed by atoms with Crippen LogP contribution in [-0.2, 0) is 19.9 Å². The zero-order valence-electron chi connectivity index (χ0n) is 12.8. The van der Waals surface area contributed by atoms with Gasteiger partial charge in [0, 0.05) is 25.0 Å². The van der Waals surface area contributed by atoms with Gasteiger partial charge < -0.3 is 10.0 Å². The van der Waals surface area contributed by atoms with Crippen molar-refractivity contribution in [1.82, 2.24) is 9.55 Å². The minimum absolute atomic E-state index is 0.0884. The standard InChI is InChI=1S/C16H21N3O2S/c1-18-15(21)13-11-4-2-3-5-12(11)22-14(13)17-16(18)19-8-6-10(20)7-9-19/h10,20H,2-9H2,1H3. The van der Waals surface area contributed by atoms with Gasteiger partial charge >= 0.3 is 0 Å². The zero-order chi connectivity index (χ0) is 15.3. The first-order chi connectivity index (χ1) is 10.6. The van der Waals surface area contributed by atoms with Crippen LogP contribution in [0.1, 0.15) is 36.1 Å². The Morgan fingerprint density at radius 3 is 2.73 bits per heavy atom. The van der Waals surface area contributed by atoms with E-state index < -0.39 is 0 Å². The molecule has 1 aliphatic heterocycles. The Balaban J connectivity index is 1.84. The van der Waals surface area contributed by atoms with E-state index in [2.05, 4.69) is 4.90 Å². The molecule has 0 spiro atoms. The van der Waals surface area contributed by atoms with Gasteiger partial charge in [0.1, 0.15) is 4.83 Å². The van der Waals surface area contributed by atoms with Crippen molar-refractivity contribution >= 4 is 27.5 Å². The summed E-state index contributed by atoms with van der Waals surface area (Å²) < 4.78 is 1.70. The summed E-state index contributed by atoms with van der Waals surface area (Å²) in [4.78, 5) is 22.0. The summed E-state index contributed by atoms with van der Waals surface area (Å²) in [7, 11) is 1.82. The van der Waals surface area contributed by atoms with Crippen LogP contribution >= 0.6 is 11.3 Å². The van der Waals surface area contributed by atoms with Gasteiger partial charge in [-0.3, -0.25) is 9.36 Å². The van der Waals surface area contributed by atoms with Crippen LogP contribution in [0.15, 0.2) is 4.79 Å². The second kappa shape index (κ2) is 5.35. The molecule has 2 aliphatic rings. The second-order valence-electron chi connectivity index (χ2n) is 6.39. The molecule has 0 amide bonds. The molecule has 1 fully saturated rings. The van der Waals surface area contributed by atoms with E-state index in [0.29, 0.717) is 0 Å². The number of hydrogen-bond acceptors (Lipinski definition) is 5. The number of nitrogens with zero attached hydrogens (tertiary/aromatic N) is 3. The molecule has 2 aromatic rings. The molecular weight excluding hydrogens is 298 g/mol. The summed E-state index contributed by atoms with van der Waals surface area (Å²) in [5, 5.41) is 10.5. The van der Waals surface area contributed by atoms with E-state index in [9.17, 15) is 9.90 Å². The quantitative estimate of drug-likeness (QED) is 0.871. The molecule has 6 heteroatoms. The van der Waals surface area contributed by atoms with Crippen LogP contribution in [-0.4, -0.2) is 33.9 Å². The van der Waals surface area contributed by atoms with Crippen molar-refractivity contribution in [2.45, 2.75) is 44.6 Å². The first-order valence-electron chi connectivity index (χ1n) is 8.09. The minimum atomic E-state index is -0.217. The van der Waals surface area contributed by atoms with E-state index in [1.807, 2.05) is 7.05 Å². The molecule has 1 saturated heterocycles. The summed E-state index contributed by atoms with van der Waals surface area (Å²) in [5.41, 5.74) is 1.34. The van der Waals surface area contributed by atoms with Gasteiger partial charge in [-0.1, -0.05) is 0 Å². The average molecular weight is 319 g/mol. The lowest BCUT2D eigenvalue weighted by Crippen LogP contribution is -2.39. The summed E-state index contributed by atoms with van der Waals surface area (Å²) in [6.07, 6.45) is 5.77. The number of anilines is 1. The first-order valence-corrected chi connectivity index (χ1v) is 8.91. The maximum absolute atomic E-state index is 12.8. The van der Waals surface area contributed by atoms with Gasteiger partial charge in [0.2, 0.25) is 5.95 Å². The van der Waals surface area contributed by atoms with Crippen molar-refractivity contribution < 1.29 is 5.11 Å². The topological polar surface area (TPSA) is 58.4 Å². The highest BCUT2D eigenvalue weighted by molar-refractivity contribution is 7.18. The van der Waals surface area contributed by atoms with E-state index >= 15 is 0 Å². The van der Waals surface area contributed by atoms with Crippen molar-refractivity contribution in [2.24, 2.45) is 7.05 Å². The summed E-state index contributed by atoms with van der Waals surface area (Å²) >= 11 is 1.70. The highest BCUT2D eigenvalue weighted by Gasteiger charge is 2.24. The lowest BCUT2D eigenvalue weighted by atomic mass is 9.97. The van der Waals surface area contributed by atoms with E-state index in [1.54, 1.807) is 15.9 Å². The van der Waals surface area contributed by atoms with Crippen LogP contribution in [0.2, 0.25) is 0 Å². The van der Waals surface area contributed by atoms with Crippen molar-refractivity contribution in [3.63, 3.8) is 0 Å². The molecule has 3 heterocycles. The molecule has 22 heavy (non-hydrogen) atoms. The number of fused-ring (bicyclic) bond motifs is 3. The molecule has 4 rings (SSSR count). The van der Waals surface area contributed by atoms with Gasteiger partial charge in [-0.2, -0.15) is 0 Å². The van der Waals surface area contributed by atoms with Gasteiger partial charge in [0.25, 0.3) is 5.56 Å². The number of aliphatic hydroxyl groups excluding tert-OH is 1. The van der Waals surface area contributed by atoms with E-state index in [-0.39, 0.29) is 11.7 Å². The Labute approximate surface area is 133 Å². The molecule has 0 unspecified atom stereocenters. The van der Waals surface area contributed by atoms with E-state index in [0.717, 1.165) is 54.9 Å². The summed E-state index contributed by atoms with van der Waals surface area (Å²) in [6, 6.07) is 0. The van der Waals surface area contributed by atoms with Crippen molar-refractivity contribution in [3.8, 4) is 0 Å². The molecular formula is C16H21N3O2S. The van der Waals surface area contributed by atoms with Crippen LogP contribution in [0, 0.1) is 0 Å². The molecule has 118 valence electrons. The molecule has 1 N–H and O–H groups in total. The summed E-state index contributed by atoms with van der Waals surface area (Å²) in [6.45, 7) is 1.52. The number of aliphatic hydroxyl groups is 1. The smallest absolute Gasteiger partial charge is 0.263 e. The van der Waals surface area contributed by atoms with Crippen molar-refractivity contribution in [3.05, 3.63) is 20.8 Å². The van der Waals surface area contributed by atoms with Crippen LogP contribution in [0.25, 0.3) is 10.2 Å². The SMILES string of the molecule is Cn1c(N2CCC(O)CC2)nc2sc3c(c2c1=O)CCCC3. The maximum Gasteiger partial charge on any atom is 0.263 e. The van der Waals surface area contributed by atoms with Gasteiger partial charge in [-0.05, 0) is 44.1 Å². The highest BCUT2D eigenvalue weighted by Crippen LogP contribution is 2.34. The van der Waals surface area contributed by atoms with E-state index in [4.69, 9.17) is 4.98 Å². The predicted octanol–water partition coefficient (Wildman–Crippen LogP) is 1.83. The number of rotatable bonds is 1. The Morgan fingerprint density at radius 2 is 1.95 bits per heavy atom. The lowest BCUT2D eigenvalue weighted by Gasteiger charge is -2.31. The maximum atomic E-state index is 12.8. The Kier molecular flexibility index (Phi) is 3.46. The fourth-order valence-corrected chi connectivity index (χ4v) is 4.87. The van der Waals surface area contributed by atoms with Crippen LogP contribution < -0.4 is 10.5 Å². The molecule has 1 aliphatic carbocycles. The normalized spacial score (nSPS) is 19.6. The highest BCUT2D eigenvalue weighted by atomic mass is 32.1. The molecule has 0 aromatic carbocycles. The number of hydrogen-bond donors (Lipinski definition) is 1. The van der Waals surface area contributed by atoms with Crippen molar-refractivity contribution in [2.75, 3.05) is 18.0 Å². The molecule has 0 saturated carbocycles. The summed E-state index contributed by atoms with van der Waals surface area (Å²) in [5.74, 6) is 0.753. The Morgan fingerprint density at radius 1 is 1.23 bits per heavy atom. The van der Waals surface area contributed by atoms with Crippen LogP contribution in [0.5, 0.6) is 0 Å². The Hall–Kier alpha value is -1.40. The monoisotopic (exact) mass is 319 g/mol. The third-order valence-corrected chi connectivity index (χ3v) is 6.11.